The second kappa shape index (κ2) is 5.47. The van der Waals surface area contributed by atoms with E-state index in [1.807, 2.05) is 13.8 Å². The van der Waals surface area contributed by atoms with E-state index in [0.717, 1.165) is 12.8 Å². The third-order valence-corrected chi connectivity index (χ3v) is 2.94. The molecule has 2 atom stereocenters. The fraction of sp³-hybridized carbons (Fsp3) is 0.909. The van der Waals surface area contributed by atoms with Crippen LogP contribution in [-0.2, 0) is 9.53 Å². The molecule has 0 saturated heterocycles. The molecule has 2 N–H and O–H groups in total. The third kappa shape index (κ3) is 3.47. The smallest absolute Gasteiger partial charge is 0.323 e. The van der Waals surface area contributed by atoms with Gasteiger partial charge in [-0.2, -0.15) is 0 Å². The topological polar surface area (TPSA) is 58.6 Å². The zero-order valence-corrected chi connectivity index (χ0v) is 9.69. The van der Waals surface area contributed by atoms with Crippen molar-refractivity contribution in [2.45, 2.75) is 38.8 Å². The Morgan fingerprint density at radius 1 is 1.53 bits per heavy atom. The van der Waals surface area contributed by atoms with Crippen molar-refractivity contribution in [3.05, 3.63) is 0 Å². The van der Waals surface area contributed by atoms with Gasteiger partial charge in [-0.1, -0.05) is 13.8 Å². The summed E-state index contributed by atoms with van der Waals surface area (Å²) in [6.07, 6.45) is 2.14. The first-order chi connectivity index (χ1) is 7.10. The summed E-state index contributed by atoms with van der Waals surface area (Å²) in [5.41, 5.74) is 0. The summed E-state index contributed by atoms with van der Waals surface area (Å²) in [5.74, 6) is 0.489. The first kappa shape index (κ1) is 12.5. The molecule has 0 spiro atoms. The summed E-state index contributed by atoms with van der Waals surface area (Å²) < 4.78 is 4.76. The Kier molecular flexibility index (Phi) is 4.54. The van der Waals surface area contributed by atoms with Crippen LogP contribution in [0.5, 0.6) is 0 Å². The predicted octanol–water partition coefficient (Wildman–Crippen LogP) is 0.544. The van der Waals surface area contributed by atoms with Gasteiger partial charge in [0.05, 0.1) is 13.7 Å². The second-order valence-electron chi connectivity index (χ2n) is 4.54. The molecule has 1 aliphatic rings. The highest BCUT2D eigenvalue weighted by Crippen LogP contribution is 2.33. The van der Waals surface area contributed by atoms with Gasteiger partial charge in [-0.05, 0) is 24.7 Å². The zero-order valence-electron chi connectivity index (χ0n) is 9.69. The van der Waals surface area contributed by atoms with E-state index in [4.69, 9.17) is 4.74 Å². The number of hydrogen-bond acceptors (Lipinski definition) is 4. The Balaban J connectivity index is 2.53. The van der Waals surface area contributed by atoms with Crippen LogP contribution < -0.4 is 5.32 Å². The van der Waals surface area contributed by atoms with Crippen LogP contribution in [0.1, 0.15) is 26.7 Å². The molecule has 2 unspecified atom stereocenters. The Bertz CT molecular complexity index is 214. The molecule has 1 saturated carbocycles. The average Bonchev–Trinajstić information content (AvgIpc) is 3.01. The Morgan fingerprint density at radius 2 is 2.13 bits per heavy atom. The molecule has 0 aromatic heterocycles. The third-order valence-electron chi connectivity index (χ3n) is 2.94. The minimum Gasteiger partial charge on any atom is -0.468 e. The quantitative estimate of drug-likeness (QED) is 0.635. The SMILES string of the molecule is COC(=O)C(NC(CO)C(C)C)C1CC1. The second-order valence-corrected chi connectivity index (χ2v) is 4.54. The van der Waals surface area contributed by atoms with Crippen LogP contribution in [0.3, 0.4) is 0 Å². The molecule has 4 nitrogen and oxygen atoms in total. The van der Waals surface area contributed by atoms with Crippen LogP contribution in [0.15, 0.2) is 0 Å². The summed E-state index contributed by atoms with van der Waals surface area (Å²) in [7, 11) is 1.41. The molecule has 0 amide bonds. The van der Waals surface area contributed by atoms with Gasteiger partial charge in [-0.25, -0.2) is 0 Å². The van der Waals surface area contributed by atoms with Crippen LogP contribution in [0, 0.1) is 11.8 Å². The first-order valence-corrected chi connectivity index (χ1v) is 5.54. The van der Waals surface area contributed by atoms with Crippen LogP contribution in [0.25, 0.3) is 0 Å². The van der Waals surface area contributed by atoms with Gasteiger partial charge in [0.15, 0.2) is 0 Å². The normalized spacial score (nSPS) is 20.1. The van der Waals surface area contributed by atoms with E-state index in [-0.39, 0.29) is 24.7 Å². The lowest BCUT2D eigenvalue weighted by molar-refractivity contribution is -0.144. The molecule has 0 radical (unpaired) electrons. The number of ether oxygens (including phenoxy) is 1. The number of esters is 1. The number of carbonyl (C=O) groups is 1. The molecule has 0 bridgehead atoms. The fourth-order valence-electron chi connectivity index (χ4n) is 1.64. The van der Waals surface area contributed by atoms with Gasteiger partial charge in [0.2, 0.25) is 0 Å². The van der Waals surface area contributed by atoms with Crippen molar-refractivity contribution in [3.8, 4) is 0 Å². The number of aliphatic hydroxyl groups excluding tert-OH is 1. The van der Waals surface area contributed by atoms with E-state index < -0.39 is 0 Å². The highest BCUT2D eigenvalue weighted by molar-refractivity contribution is 5.76. The van der Waals surface area contributed by atoms with Crippen LogP contribution in [-0.4, -0.2) is 36.9 Å². The van der Waals surface area contributed by atoms with Crippen molar-refractivity contribution in [2.75, 3.05) is 13.7 Å². The molecular formula is C11H21NO3. The van der Waals surface area contributed by atoms with E-state index in [2.05, 4.69) is 5.32 Å². The Morgan fingerprint density at radius 3 is 2.47 bits per heavy atom. The van der Waals surface area contributed by atoms with Gasteiger partial charge >= 0.3 is 5.97 Å². The van der Waals surface area contributed by atoms with Gasteiger partial charge in [0.1, 0.15) is 6.04 Å². The summed E-state index contributed by atoms with van der Waals surface area (Å²) in [4.78, 5) is 11.5. The zero-order chi connectivity index (χ0) is 11.4. The molecule has 1 rings (SSSR count). The van der Waals surface area contributed by atoms with E-state index in [1.54, 1.807) is 0 Å². The number of aliphatic hydroxyl groups is 1. The van der Waals surface area contributed by atoms with Crippen molar-refractivity contribution in [2.24, 2.45) is 11.8 Å². The van der Waals surface area contributed by atoms with Crippen LogP contribution >= 0.6 is 0 Å². The lowest BCUT2D eigenvalue weighted by Crippen LogP contribution is -2.49. The maximum absolute atomic E-state index is 11.5. The van der Waals surface area contributed by atoms with E-state index >= 15 is 0 Å². The average molecular weight is 215 g/mol. The molecule has 1 aliphatic carbocycles. The highest BCUT2D eigenvalue weighted by Gasteiger charge is 2.38. The predicted molar refractivity (Wildman–Crippen MR) is 57.4 cm³/mol. The number of methoxy groups -OCH3 is 1. The van der Waals surface area contributed by atoms with Crippen molar-refractivity contribution in [1.29, 1.82) is 0 Å². The maximum Gasteiger partial charge on any atom is 0.323 e. The Hall–Kier alpha value is -0.610. The van der Waals surface area contributed by atoms with Gasteiger partial charge in [-0.3, -0.25) is 10.1 Å². The standard InChI is InChI=1S/C11H21NO3/c1-7(2)9(6-13)12-10(8-4-5-8)11(14)15-3/h7-10,12-13H,4-6H2,1-3H3. The van der Waals surface area contributed by atoms with Crippen molar-refractivity contribution < 1.29 is 14.6 Å². The minimum atomic E-state index is -0.241. The number of carbonyl (C=O) groups excluding carboxylic acids is 1. The summed E-state index contributed by atoms with van der Waals surface area (Å²) in [6.45, 7) is 4.10. The van der Waals surface area contributed by atoms with Gasteiger partial charge in [0, 0.05) is 6.04 Å². The lowest BCUT2D eigenvalue weighted by Gasteiger charge is -2.25. The Labute approximate surface area is 91.0 Å². The van der Waals surface area contributed by atoms with E-state index in [0.29, 0.717) is 11.8 Å². The van der Waals surface area contributed by atoms with Crippen molar-refractivity contribution >= 4 is 5.97 Å². The molecule has 15 heavy (non-hydrogen) atoms. The summed E-state index contributed by atoms with van der Waals surface area (Å²) in [5, 5.41) is 12.4. The molecule has 0 aliphatic heterocycles. The minimum absolute atomic E-state index is 0.0327. The van der Waals surface area contributed by atoms with Gasteiger partial charge in [0.25, 0.3) is 0 Å². The molecule has 1 fully saturated rings. The van der Waals surface area contributed by atoms with Crippen LogP contribution in [0.2, 0.25) is 0 Å². The van der Waals surface area contributed by atoms with Crippen molar-refractivity contribution in [1.82, 2.24) is 5.32 Å². The van der Waals surface area contributed by atoms with E-state index in [1.165, 1.54) is 7.11 Å². The summed E-state index contributed by atoms with van der Waals surface area (Å²) >= 11 is 0. The molecule has 0 aromatic rings. The first-order valence-electron chi connectivity index (χ1n) is 5.54. The molecule has 0 aromatic carbocycles. The molecule has 88 valence electrons. The summed E-state index contributed by atoms with van der Waals surface area (Å²) in [6, 6.07) is -0.274. The van der Waals surface area contributed by atoms with Crippen molar-refractivity contribution in [3.63, 3.8) is 0 Å². The highest BCUT2D eigenvalue weighted by atomic mass is 16.5. The van der Waals surface area contributed by atoms with Gasteiger partial charge in [-0.15, -0.1) is 0 Å². The monoisotopic (exact) mass is 215 g/mol. The fourth-order valence-corrected chi connectivity index (χ4v) is 1.64. The lowest BCUT2D eigenvalue weighted by atomic mass is 10.0. The van der Waals surface area contributed by atoms with Gasteiger partial charge < -0.3 is 9.84 Å². The molecular weight excluding hydrogens is 194 g/mol. The van der Waals surface area contributed by atoms with Crippen LogP contribution in [0.4, 0.5) is 0 Å². The van der Waals surface area contributed by atoms with E-state index in [9.17, 15) is 9.90 Å². The maximum atomic E-state index is 11.5. The number of rotatable bonds is 6. The number of hydrogen-bond donors (Lipinski definition) is 2. The molecule has 4 heteroatoms. The molecule has 0 heterocycles. The largest absolute Gasteiger partial charge is 0.468 e. The number of nitrogens with one attached hydrogen (secondary N) is 1.